The Morgan fingerprint density at radius 1 is 1.08 bits per heavy atom. The minimum Gasteiger partial charge on any atom is -0.490 e. The highest BCUT2D eigenvalue weighted by molar-refractivity contribution is 5.95. The Balaban J connectivity index is 1.83. The number of hydrogen-bond acceptors (Lipinski definition) is 4. The van der Waals surface area contributed by atoms with Crippen molar-refractivity contribution < 1.29 is 9.66 Å². The van der Waals surface area contributed by atoms with E-state index in [0.717, 1.165) is 40.6 Å². The maximum atomic E-state index is 11.1. The predicted octanol–water partition coefficient (Wildman–Crippen LogP) is 5.13. The number of hydrogen-bond donors (Lipinski definition) is 0. The lowest BCUT2D eigenvalue weighted by Crippen LogP contribution is -2.10. The highest BCUT2D eigenvalue weighted by Gasteiger charge is 2.18. The Morgan fingerprint density at radius 2 is 1.92 bits per heavy atom. The highest BCUT2D eigenvalue weighted by Crippen LogP contribution is 2.34. The van der Waals surface area contributed by atoms with E-state index in [1.165, 1.54) is 18.9 Å². The Bertz CT molecular complexity index is 933. The number of ether oxygens (including phenoxy) is 1. The fraction of sp³-hybridized carbons (Fsp3) is 0.250. The van der Waals surface area contributed by atoms with Crippen molar-refractivity contribution in [3.63, 3.8) is 0 Å². The van der Waals surface area contributed by atoms with Crippen molar-refractivity contribution in [1.29, 1.82) is 0 Å². The van der Waals surface area contributed by atoms with E-state index < -0.39 is 0 Å². The van der Waals surface area contributed by atoms with Gasteiger partial charge in [0.15, 0.2) is 0 Å². The molecule has 0 bridgehead atoms. The molecular formula is C20H18N2O3. The summed E-state index contributed by atoms with van der Waals surface area (Å²) >= 11 is 0. The molecule has 126 valence electrons. The van der Waals surface area contributed by atoms with Gasteiger partial charge in [0.25, 0.3) is 5.69 Å². The van der Waals surface area contributed by atoms with Crippen molar-refractivity contribution in [2.75, 3.05) is 0 Å². The van der Waals surface area contributed by atoms with Gasteiger partial charge < -0.3 is 4.74 Å². The summed E-state index contributed by atoms with van der Waals surface area (Å²) in [6, 6.07) is 14.5. The molecule has 3 aromatic rings. The standard InChI is InChI=1S/C20H18N2O3/c23-22(24)16-7-3-5-14(11-16)19-13-18(25-17-8-1-2-9-17)12-15-6-4-10-21-20(15)19/h3-7,10-13,17H,1-2,8-9H2. The van der Waals surface area contributed by atoms with Crippen LogP contribution in [0, 0.1) is 10.1 Å². The fourth-order valence-electron chi connectivity index (χ4n) is 3.44. The van der Waals surface area contributed by atoms with E-state index in [9.17, 15) is 10.1 Å². The Hall–Kier alpha value is -2.95. The second-order valence-corrected chi connectivity index (χ2v) is 6.38. The molecule has 1 aromatic heterocycles. The molecule has 1 saturated carbocycles. The lowest BCUT2D eigenvalue weighted by Gasteiger charge is -2.15. The van der Waals surface area contributed by atoms with Crippen LogP contribution in [0.15, 0.2) is 54.7 Å². The molecule has 5 heteroatoms. The molecule has 0 radical (unpaired) electrons. The van der Waals surface area contributed by atoms with Gasteiger partial charge in [-0.25, -0.2) is 0 Å². The fourth-order valence-corrected chi connectivity index (χ4v) is 3.44. The Labute approximate surface area is 145 Å². The lowest BCUT2D eigenvalue weighted by molar-refractivity contribution is -0.384. The van der Waals surface area contributed by atoms with Crippen LogP contribution in [0.5, 0.6) is 5.75 Å². The summed E-state index contributed by atoms with van der Waals surface area (Å²) in [5.74, 6) is 0.800. The molecule has 1 fully saturated rings. The highest BCUT2D eigenvalue weighted by atomic mass is 16.6. The average Bonchev–Trinajstić information content (AvgIpc) is 3.14. The largest absolute Gasteiger partial charge is 0.490 e. The number of benzene rings is 2. The minimum absolute atomic E-state index is 0.0729. The van der Waals surface area contributed by atoms with Crippen molar-refractivity contribution in [3.8, 4) is 16.9 Å². The van der Waals surface area contributed by atoms with Gasteiger partial charge >= 0.3 is 0 Å². The number of nitro benzene ring substituents is 1. The summed E-state index contributed by atoms with van der Waals surface area (Å²) in [6.07, 6.45) is 6.57. The van der Waals surface area contributed by atoms with Crippen LogP contribution in [0.1, 0.15) is 25.7 Å². The molecule has 0 spiro atoms. The Kier molecular flexibility index (Phi) is 4.06. The maximum absolute atomic E-state index is 11.1. The molecule has 0 N–H and O–H groups in total. The van der Waals surface area contributed by atoms with E-state index in [-0.39, 0.29) is 16.7 Å². The maximum Gasteiger partial charge on any atom is 0.270 e. The zero-order valence-corrected chi connectivity index (χ0v) is 13.7. The SMILES string of the molecule is O=[N+]([O-])c1cccc(-c2cc(OC3CCCC3)cc3cccnc23)c1. The van der Waals surface area contributed by atoms with Crippen LogP contribution in [0.3, 0.4) is 0 Å². The van der Waals surface area contributed by atoms with Crippen LogP contribution in [0.25, 0.3) is 22.0 Å². The van der Waals surface area contributed by atoms with Crippen molar-refractivity contribution in [2.45, 2.75) is 31.8 Å². The van der Waals surface area contributed by atoms with Crippen LogP contribution in [0.4, 0.5) is 5.69 Å². The second kappa shape index (κ2) is 6.51. The normalized spacial score (nSPS) is 14.7. The first-order chi connectivity index (χ1) is 12.2. The van der Waals surface area contributed by atoms with E-state index >= 15 is 0 Å². The lowest BCUT2D eigenvalue weighted by atomic mass is 10.0. The predicted molar refractivity (Wildman–Crippen MR) is 96.7 cm³/mol. The third kappa shape index (κ3) is 3.18. The van der Waals surface area contributed by atoms with E-state index in [1.807, 2.05) is 30.3 Å². The summed E-state index contributed by atoms with van der Waals surface area (Å²) < 4.78 is 6.16. The van der Waals surface area contributed by atoms with Crippen LogP contribution in [0.2, 0.25) is 0 Å². The van der Waals surface area contributed by atoms with E-state index in [1.54, 1.807) is 18.3 Å². The van der Waals surface area contributed by atoms with E-state index in [2.05, 4.69) is 4.98 Å². The molecule has 4 rings (SSSR count). The smallest absolute Gasteiger partial charge is 0.270 e. The summed E-state index contributed by atoms with van der Waals surface area (Å²) in [5, 5.41) is 12.1. The zero-order valence-electron chi connectivity index (χ0n) is 13.7. The van der Waals surface area contributed by atoms with Gasteiger partial charge in [-0.15, -0.1) is 0 Å². The summed E-state index contributed by atoms with van der Waals surface area (Å²) in [6.45, 7) is 0. The molecule has 0 atom stereocenters. The number of pyridine rings is 1. The third-order valence-corrected chi connectivity index (χ3v) is 4.65. The van der Waals surface area contributed by atoms with E-state index in [4.69, 9.17) is 4.74 Å². The van der Waals surface area contributed by atoms with E-state index in [0.29, 0.717) is 0 Å². The number of nitrogens with zero attached hydrogens (tertiary/aromatic N) is 2. The Morgan fingerprint density at radius 3 is 2.72 bits per heavy atom. The molecule has 2 aromatic carbocycles. The number of fused-ring (bicyclic) bond motifs is 1. The molecule has 25 heavy (non-hydrogen) atoms. The average molecular weight is 334 g/mol. The second-order valence-electron chi connectivity index (χ2n) is 6.38. The van der Waals surface area contributed by atoms with Gasteiger partial charge in [-0.3, -0.25) is 15.1 Å². The van der Waals surface area contributed by atoms with Gasteiger partial charge in [0.05, 0.1) is 16.5 Å². The van der Waals surface area contributed by atoms with Crippen LogP contribution in [-0.2, 0) is 0 Å². The summed E-state index contributed by atoms with van der Waals surface area (Å²) in [5.41, 5.74) is 2.52. The molecule has 1 heterocycles. The first kappa shape index (κ1) is 15.6. The topological polar surface area (TPSA) is 65.3 Å². The number of nitro groups is 1. The molecule has 0 amide bonds. The third-order valence-electron chi connectivity index (χ3n) is 4.65. The molecule has 1 aliphatic carbocycles. The van der Waals surface area contributed by atoms with Gasteiger partial charge in [-0.05, 0) is 49.4 Å². The van der Waals surface area contributed by atoms with Crippen LogP contribution in [-0.4, -0.2) is 16.0 Å². The van der Waals surface area contributed by atoms with Crippen molar-refractivity contribution >= 4 is 16.6 Å². The van der Waals surface area contributed by atoms with Gasteiger partial charge in [-0.2, -0.15) is 0 Å². The van der Waals surface area contributed by atoms with Crippen LogP contribution >= 0.6 is 0 Å². The number of rotatable bonds is 4. The van der Waals surface area contributed by atoms with Crippen LogP contribution < -0.4 is 4.74 Å². The first-order valence-electron chi connectivity index (χ1n) is 8.51. The zero-order chi connectivity index (χ0) is 17.2. The number of non-ortho nitro benzene ring substituents is 1. The molecule has 5 nitrogen and oxygen atoms in total. The van der Waals surface area contributed by atoms with Gasteiger partial charge in [0.2, 0.25) is 0 Å². The summed E-state index contributed by atoms with van der Waals surface area (Å²) in [7, 11) is 0. The summed E-state index contributed by atoms with van der Waals surface area (Å²) in [4.78, 5) is 15.2. The molecule has 0 saturated heterocycles. The minimum atomic E-state index is -0.377. The number of aromatic nitrogens is 1. The van der Waals surface area contributed by atoms with Crippen molar-refractivity contribution in [2.24, 2.45) is 0 Å². The van der Waals surface area contributed by atoms with Gasteiger partial charge in [-0.1, -0.05) is 18.2 Å². The van der Waals surface area contributed by atoms with Crippen molar-refractivity contribution in [1.82, 2.24) is 4.98 Å². The quantitative estimate of drug-likeness (QED) is 0.490. The molecular weight excluding hydrogens is 316 g/mol. The van der Waals surface area contributed by atoms with Gasteiger partial charge in [0, 0.05) is 29.3 Å². The molecule has 0 unspecified atom stereocenters. The molecule has 0 aliphatic heterocycles. The monoisotopic (exact) mass is 334 g/mol. The van der Waals surface area contributed by atoms with Gasteiger partial charge in [0.1, 0.15) is 5.75 Å². The van der Waals surface area contributed by atoms with Crippen molar-refractivity contribution in [3.05, 3.63) is 64.8 Å². The first-order valence-corrected chi connectivity index (χ1v) is 8.51. The molecule has 1 aliphatic rings.